The Kier molecular flexibility index (Phi) is 6.00. The van der Waals surface area contributed by atoms with Crippen molar-refractivity contribution in [1.82, 2.24) is 9.97 Å². The standard InChI is InChI=1S/C21H18N4O4/c1-13(20(27)23-15-8-6-14(12-22)7-9-15)29-19(26)11-10-18-24-17-5-3-2-4-16(17)21(28)25-18/h2-9,13H,10-11H2,1H3,(H,23,27)(H,24,25,28)/t13-/m0/s1. The van der Waals surface area contributed by atoms with Crippen molar-refractivity contribution in [2.24, 2.45) is 0 Å². The molecule has 0 radical (unpaired) electrons. The van der Waals surface area contributed by atoms with Gasteiger partial charge in [0, 0.05) is 12.1 Å². The Labute approximate surface area is 166 Å². The van der Waals surface area contributed by atoms with Gasteiger partial charge in [-0.2, -0.15) is 5.26 Å². The summed E-state index contributed by atoms with van der Waals surface area (Å²) in [5.41, 5.74) is 1.25. The van der Waals surface area contributed by atoms with Crippen LogP contribution >= 0.6 is 0 Å². The Morgan fingerprint density at radius 3 is 2.66 bits per heavy atom. The predicted octanol–water partition coefficient (Wildman–Crippen LogP) is 2.30. The van der Waals surface area contributed by atoms with Gasteiger partial charge in [-0.3, -0.25) is 14.4 Å². The number of ether oxygens (including phenoxy) is 1. The Morgan fingerprint density at radius 1 is 1.21 bits per heavy atom. The molecule has 1 aromatic heterocycles. The van der Waals surface area contributed by atoms with Crippen LogP contribution in [0.4, 0.5) is 5.69 Å². The lowest BCUT2D eigenvalue weighted by Crippen LogP contribution is -2.30. The predicted molar refractivity (Wildman–Crippen MR) is 106 cm³/mol. The maximum absolute atomic E-state index is 12.2. The molecule has 0 aliphatic heterocycles. The number of fused-ring (bicyclic) bond motifs is 1. The number of rotatable bonds is 6. The van der Waals surface area contributed by atoms with Crippen molar-refractivity contribution in [2.75, 3.05) is 5.32 Å². The molecule has 3 aromatic rings. The zero-order valence-electron chi connectivity index (χ0n) is 15.6. The molecule has 0 spiro atoms. The van der Waals surface area contributed by atoms with Crippen LogP contribution in [0.15, 0.2) is 53.3 Å². The Bertz CT molecular complexity index is 1150. The van der Waals surface area contributed by atoms with Crippen LogP contribution < -0.4 is 10.9 Å². The molecule has 1 atom stereocenters. The molecule has 0 bridgehead atoms. The molecule has 1 heterocycles. The lowest BCUT2D eigenvalue weighted by Gasteiger charge is -2.13. The van der Waals surface area contributed by atoms with E-state index in [9.17, 15) is 14.4 Å². The van der Waals surface area contributed by atoms with Crippen LogP contribution in [0, 0.1) is 11.3 Å². The number of esters is 1. The molecule has 2 N–H and O–H groups in total. The average molecular weight is 390 g/mol. The number of amides is 1. The lowest BCUT2D eigenvalue weighted by molar-refractivity contribution is -0.153. The summed E-state index contributed by atoms with van der Waals surface area (Å²) in [5, 5.41) is 11.9. The molecule has 1 amide bonds. The number of nitriles is 1. The van der Waals surface area contributed by atoms with E-state index in [-0.39, 0.29) is 18.4 Å². The number of aromatic amines is 1. The van der Waals surface area contributed by atoms with Gasteiger partial charge in [-0.05, 0) is 43.3 Å². The number of anilines is 1. The van der Waals surface area contributed by atoms with E-state index < -0.39 is 18.0 Å². The van der Waals surface area contributed by atoms with Gasteiger partial charge >= 0.3 is 5.97 Å². The lowest BCUT2D eigenvalue weighted by atomic mass is 10.2. The first-order chi connectivity index (χ1) is 14.0. The number of H-pyrrole nitrogens is 1. The van der Waals surface area contributed by atoms with Gasteiger partial charge < -0.3 is 15.0 Å². The topological polar surface area (TPSA) is 125 Å². The molecule has 0 unspecified atom stereocenters. The highest BCUT2D eigenvalue weighted by atomic mass is 16.5. The Hall–Kier alpha value is -3.99. The highest BCUT2D eigenvalue weighted by molar-refractivity contribution is 5.95. The quantitative estimate of drug-likeness (QED) is 0.622. The van der Waals surface area contributed by atoms with Crippen molar-refractivity contribution in [1.29, 1.82) is 5.26 Å². The Morgan fingerprint density at radius 2 is 1.93 bits per heavy atom. The second-order valence-electron chi connectivity index (χ2n) is 6.34. The molecule has 0 aliphatic rings. The summed E-state index contributed by atoms with van der Waals surface area (Å²) in [6, 6.07) is 15.2. The number of hydrogen-bond donors (Lipinski definition) is 2. The van der Waals surface area contributed by atoms with Crippen molar-refractivity contribution in [3.05, 3.63) is 70.3 Å². The van der Waals surface area contributed by atoms with Crippen LogP contribution in [0.2, 0.25) is 0 Å². The molecule has 0 fully saturated rings. The molecule has 8 heteroatoms. The summed E-state index contributed by atoms with van der Waals surface area (Å²) >= 11 is 0. The molecule has 0 saturated heterocycles. The smallest absolute Gasteiger partial charge is 0.307 e. The van der Waals surface area contributed by atoms with Crippen LogP contribution in [0.3, 0.4) is 0 Å². The fraction of sp³-hybridized carbons (Fsp3) is 0.190. The first-order valence-electron chi connectivity index (χ1n) is 8.94. The molecular weight excluding hydrogens is 372 g/mol. The molecule has 146 valence electrons. The van der Waals surface area contributed by atoms with Crippen LogP contribution in [-0.2, 0) is 20.7 Å². The normalized spacial score (nSPS) is 11.4. The van der Waals surface area contributed by atoms with E-state index in [0.717, 1.165) is 0 Å². The third-order valence-electron chi connectivity index (χ3n) is 4.19. The van der Waals surface area contributed by atoms with Crippen LogP contribution in [0.1, 0.15) is 24.7 Å². The largest absolute Gasteiger partial charge is 0.453 e. The first kappa shape index (κ1) is 19.8. The van der Waals surface area contributed by atoms with Crippen molar-refractivity contribution in [2.45, 2.75) is 25.9 Å². The monoisotopic (exact) mass is 390 g/mol. The summed E-state index contributed by atoms with van der Waals surface area (Å²) in [4.78, 5) is 43.2. The molecular formula is C21H18N4O4. The van der Waals surface area contributed by atoms with Crippen LogP contribution in [0.25, 0.3) is 10.9 Å². The highest BCUT2D eigenvalue weighted by Crippen LogP contribution is 2.11. The third-order valence-corrected chi connectivity index (χ3v) is 4.19. The van der Waals surface area contributed by atoms with Gasteiger partial charge in [0.25, 0.3) is 11.5 Å². The number of hydrogen-bond acceptors (Lipinski definition) is 6. The number of aryl methyl sites for hydroxylation is 1. The van der Waals surface area contributed by atoms with E-state index in [1.165, 1.54) is 6.92 Å². The maximum atomic E-state index is 12.2. The van der Waals surface area contributed by atoms with Gasteiger partial charge in [0.05, 0.1) is 29.0 Å². The van der Waals surface area contributed by atoms with Gasteiger partial charge in [-0.15, -0.1) is 0 Å². The van der Waals surface area contributed by atoms with E-state index in [1.807, 2.05) is 6.07 Å². The van der Waals surface area contributed by atoms with Crippen LogP contribution in [-0.4, -0.2) is 27.9 Å². The van der Waals surface area contributed by atoms with Crippen molar-refractivity contribution >= 4 is 28.5 Å². The second kappa shape index (κ2) is 8.80. The maximum Gasteiger partial charge on any atom is 0.307 e. The minimum Gasteiger partial charge on any atom is -0.453 e. The molecule has 8 nitrogen and oxygen atoms in total. The summed E-state index contributed by atoms with van der Waals surface area (Å²) in [7, 11) is 0. The van der Waals surface area contributed by atoms with Gasteiger partial charge in [-0.25, -0.2) is 4.98 Å². The van der Waals surface area contributed by atoms with Gasteiger partial charge in [-0.1, -0.05) is 12.1 Å². The van der Waals surface area contributed by atoms with Crippen molar-refractivity contribution in [3.63, 3.8) is 0 Å². The van der Waals surface area contributed by atoms with Crippen LogP contribution in [0.5, 0.6) is 0 Å². The number of nitrogens with zero attached hydrogens (tertiary/aromatic N) is 2. The van der Waals surface area contributed by atoms with E-state index in [0.29, 0.717) is 28.0 Å². The molecule has 3 rings (SSSR count). The number of carbonyl (C=O) groups excluding carboxylic acids is 2. The van der Waals surface area contributed by atoms with Crippen molar-refractivity contribution < 1.29 is 14.3 Å². The van der Waals surface area contributed by atoms with E-state index in [2.05, 4.69) is 15.3 Å². The summed E-state index contributed by atoms with van der Waals surface area (Å²) in [5.74, 6) is -0.691. The zero-order valence-corrected chi connectivity index (χ0v) is 15.6. The average Bonchev–Trinajstić information content (AvgIpc) is 2.73. The zero-order chi connectivity index (χ0) is 20.8. The number of para-hydroxylation sites is 1. The SMILES string of the molecule is C[C@H](OC(=O)CCc1nc2ccccc2c(=O)[nH]1)C(=O)Nc1ccc(C#N)cc1. The fourth-order valence-corrected chi connectivity index (χ4v) is 2.66. The fourth-order valence-electron chi connectivity index (χ4n) is 2.66. The minimum absolute atomic E-state index is 0.0320. The molecule has 0 saturated carbocycles. The third kappa shape index (κ3) is 5.05. The number of carbonyl (C=O) groups is 2. The number of nitrogens with one attached hydrogen (secondary N) is 2. The van der Waals surface area contributed by atoms with Gasteiger partial charge in [0.1, 0.15) is 5.82 Å². The van der Waals surface area contributed by atoms with E-state index >= 15 is 0 Å². The number of benzene rings is 2. The summed E-state index contributed by atoms with van der Waals surface area (Å²) in [6.07, 6.45) is -0.847. The summed E-state index contributed by atoms with van der Waals surface area (Å²) < 4.78 is 5.15. The molecule has 0 aliphatic carbocycles. The molecule has 2 aromatic carbocycles. The second-order valence-corrected chi connectivity index (χ2v) is 6.34. The van der Waals surface area contributed by atoms with Gasteiger partial charge in [0.2, 0.25) is 0 Å². The van der Waals surface area contributed by atoms with Gasteiger partial charge in [0.15, 0.2) is 6.10 Å². The highest BCUT2D eigenvalue weighted by Gasteiger charge is 2.18. The van der Waals surface area contributed by atoms with E-state index in [4.69, 9.17) is 10.00 Å². The van der Waals surface area contributed by atoms with Crippen molar-refractivity contribution in [3.8, 4) is 6.07 Å². The molecule has 29 heavy (non-hydrogen) atoms. The van der Waals surface area contributed by atoms with E-state index in [1.54, 1.807) is 48.5 Å². The Balaban J connectivity index is 1.54. The minimum atomic E-state index is -0.998. The first-order valence-corrected chi connectivity index (χ1v) is 8.94. The number of aromatic nitrogens is 2. The summed E-state index contributed by atoms with van der Waals surface area (Å²) in [6.45, 7) is 1.47.